The van der Waals surface area contributed by atoms with E-state index >= 15 is 0 Å². The molecule has 10 nitrogen and oxygen atoms in total. The number of hydrogen-bond donors (Lipinski definition) is 3. The second-order valence-corrected chi connectivity index (χ2v) is 10.5. The average Bonchev–Trinajstić information content (AvgIpc) is 2.81. The summed E-state index contributed by atoms with van der Waals surface area (Å²) >= 11 is 6.34. The lowest BCUT2D eigenvalue weighted by Gasteiger charge is -2.33. The van der Waals surface area contributed by atoms with E-state index in [2.05, 4.69) is 10.6 Å². The van der Waals surface area contributed by atoms with Crippen molar-refractivity contribution in [2.45, 2.75) is 65.6 Å². The molecule has 11 heteroatoms. The number of carbonyl (C=O) groups is 4. The molecule has 2 aromatic carbocycles. The summed E-state index contributed by atoms with van der Waals surface area (Å²) in [6.45, 7) is 9.78. The first-order chi connectivity index (χ1) is 18.2. The van der Waals surface area contributed by atoms with Crippen molar-refractivity contribution in [3.63, 3.8) is 0 Å². The van der Waals surface area contributed by atoms with Gasteiger partial charge in [0.1, 0.15) is 24.2 Å². The summed E-state index contributed by atoms with van der Waals surface area (Å²) in [6, 6.07) is 9.47. The molecular weight excluding hydrogens is 522 g/mol. The third-order valence-electron chi connectivity index (χ3n) is 5.89. The van der Waals surface area contributed by atoms with Crippen molar-refractivity contribution in [3.05, 3.63) is 63.7 Å². The molecule has 0 saturated carbocycles. The maximum absolute atomic E-state index is 13.9. The number of amides is 4. The monoisotopic (exact) mass is 555 g/mol. The Labute approximate surface area is 233 Å². The molecule has 2 atom stereocenters. The van der Waals surface area contributed by atoms with Gasteiger partial charge in [-0.05, 0) is 69.9 Å². The van der Waals surface area contributed by atoms with E-state index in [1.165, 1.54) is 0 Å². The Morgan fingerprint density at radius 3 is 2.26 bits per heavy atom. The van der Waals surface area contributed by atoms with Gasteiger partial charge < -0.3 is 26.0 Å². The summed E-state index contributed by atoms with van der Waals surface area (Å²) in [5.41, 5.74) is 7.55. The van der Waals surface area contributed by atoms with E-state index in [1.54, 1.807) is 65.0 Å². The lowest BCUT2D eigenvalue weighted by atomic mass is 9.94. The molecule has 0 bridgehead atoms. The van der Waals surface area contributed by atoms with E-state index in [1.807, 2.05) is 19.1 Å². The Bertz CT molecular complexity index is 1280. The first kappa shape index (κ1) is 31.1. The van der Waals surface area contributed by atoms with Gasteiger partial charge in [-0.15, -0.1) is 0 Å². The third kappa shape index (κ3) is 8.45. The fraction of sp³-hybridized carbons (Fsp3) is 0.393. The maximum Gasteiger partial charge on any atom is 0.408 e. The fourth-order valence-corrected chi connectivity index (χ4v) is 4.20. The van der Waals surface area contributed by atoms with Crippen LogP contribution in [0.2, 0.25) is 5.02 Å². The molecular formula is C28H34ClN5O5. The number of nitriles is 1. The van der Waals surface area contributed by atoms with E-state index < -0.39 is 54.5 Å². The minimum Gasteiger partial charge on any atom is -0.444 e. The molecule has 0 spiro atoms. The number of nitrogens with two attached hydrogens (primary N) is 1. The van der Waals surface area contributed by atoms with Crippen molar-refractivity contribution < 1.29 is 23.9 Å². The topological polar surface area (TPSA) is 155 Å². The number of benzene rings is 2. The first-order valence-electron chi connectivity index (χ1n) is 12.2. The Morgan fingerprint density at radius 2 is 1.69 bits per heavy atom. The van der Waals surface area contributed by atoms with Crippen LogP contribution in [0.3, 0.4) is 0 Å². The Kier molecular flexibility index (Phi) is 10.5. The quantitative estimate of drug-likeness (QED) is 0.396. The van der Waals surface area contributed by atoms with Crippen LogP contribution in [0.1, 0.15) is 55.5 Å². The number of anilines is 1. The number of primary amides is 1. The molecule has 4 amide bonds. The van der Waals surface area contributed by atoms with Crippen LogP contribution >= 0.6 is 11.6 Å². The number of ether oxygens (including phenoxy) is 1. The summed E-state index contributed by atoms with van der Waals surface area (Å²) in [7, 11) is 0. The van der Waals surface area contributed by atoms with E-state index in [0.717, 1.165) is 16.0 Å². The molecule has 0 aromatic heterocycles. The second-order valence-electron chi connectivity index (χ2n) is 10.1. The number of carbonyl (C=O) groups excluding carboxylic acids is 4. The number of nitrogens with one attached hydrogen (secondary N) is 2. The highest BCUT2D eigenvalue weighted by Crippen LogP contribution is 2.31. The third-order valence-corrected chi connectivity index (χ3v) is 6.20. The van der Waals surface area contributed by atoms with Gasteiger partial charge in [-0.25, -0.2) is 4.79 Å². The highest BCUT2D eigenvalue weighted by atomic mass is 35.5. The van der Waals surface area contributed by atoms with Crippen molar-refractivity contribution in [2.24, 2.45) is 5.73 Å². The van der Waals surface area contributed by atoms with Crippen LogP contribution in [0.25, 0.3) is 0 Å². The highest BCUT2D eigenvalue weighted by molar-refractivity contribution is 6.34. The molecule has 2 rings (SSSR count). The largest absolute Gasteiger partial charge is 0.444 e. The highest BCUT2D eigenvalue weighted by Gasteiger charge is 2.38. The predicted molar refractivity (Wildman–Crippen MR) is 148 cm³/mol. The van der Waals surface area contributed by atoms with Gasteiger partial charge in [0.25, 0.3) is 5.91 Å². The van der Waals surface area contributed by atoms with Gasteiger partial charge in [-0.3, -0.25) is 14.4 Å². The number of halogens is 1. The Balaban J connectivity index is 2.62. The van der Waals surface area contributed by atoms with E-state index in [0.29, 0.717) is 21.8 Å². The molecule has 2 unspecified atom stereocenters. The Morgan fingerprint density at radius 1 is 1.08 bits per heavy atom. The molecule has 39 heavy (non-hydrogen) atoms. The van der Waals surface area contributed by atoms with Crippen molar-refractivity contribution in [3.8, 4) is 6.07 Å². The fourth-order valence-electron chi connectivity index (χ4n) is 3.93. The molecule has 0 aliphatic carbocycles. The average molecular weight is 556 g/mol. The molecule has 2 aromatic rings. The molecule has 0 fully saturated rings. The van der Waals surface area contributed by atoms with Gasteiger partial charge in [-0.1, -0.05) is 41.9 Å². The lowest BCUT2D eigenvalue weighted by Crippen LogP contribution is -2.53. The van der Waals surface area contributed by atoms with E-state index in [4.69, 9.17) is 22.1 Å². The predicted octanol–water partition coefficient (Wildman–Crippen LogP) is 4.07. The van der Waals surface area contributed by atoms with Crippen LogP contribution in [-0.4, -0.2) is 46.9 Å². The minimum absolute atomic E-state index is 0.291. The Hall–Kier alpha value is -4.10. The van der Waals surface area contributed by atoms with Crippen LogP contribution in [0, 0.1) is 32.1 Å². The number of nitrogens with zero attached hydrogens (tertiary/aromatic N) is 2. The molecule has 4 N–H and O–H groups in total. The van der Waals surface area contributed by atoms with Crippen LogP contribution in [0.4, 0.5) is 10.5 Å². The standard InChI is InChI=1S/C28H34ClN5O5/c1-16-9-7-11-19(18(16)3)24(25(36)33-23-17(2)10-8-12-20(23)29)34(14-13-30)26(37)21(15-22(31)35)32-27(38)39-28(4,5)6/h7-12,21,24H,14-15H2,1-6H3,(H2,31,35)(H,32,38)(H,33,36). The number of rotatable bonds is 9. The number of hydrogen-bond acceptors (Lipinski definition) is 6. The minimum atomic E-state index is -1.49. The zero-order valence-corrected chi connectivity index (χ0v) is 23.7. The molecule has 0 saturated heterocycles. The second kappa shape index (κ2) is 13.1. The lowest BCUT2D eigenvalue weighted by molar-refractivity contribution is -0.141. The first-order valence-corrected chi connectivity index (χ1v) is 12.6. The van der Waals surface area contributed by atoms with Crippen molar-refractivity contribution in [1.82, 2.24) is 10.2 Å². The summed E-state index contributed by atoms with van der Waals surface area (Å²) < 4.78 is 5.24. The van der Waals surface area contributed by atoms with Gasteiger partial charge in [0.2, 0.25) is 11.8 Å². The number of aryl methyl sites for hydroxylation is 2. The van der Waals surface area contributed by atoms with Gasteiger partial charge in [0, 0.05) is 0 Å². The zero-order valence-electron chi connectivity index (χ0n) is 22.9. The number of para-hydroxylation sites is 1. The number of alkyl carbamates (subject to hydrolysis) is 1. The summed E-state index contributed by atoms with van der Waals surface area (Å²) in [5, 5.41) is 15.1. The van der Waals surface area contributed by atoms with Crippen LogP contribution < -0.4 is 16.4 Å². The molecule has 0 heterocycles. The molecule has 208 valence electrons. The van der Waals surface area contributed by atoms with Crippen molar-refractivity contribution in [2.75, 3.05) is 11.9 Å². The van der Waals surface area contributed by atoms with Gasteiger partial charge in [-0.2, -0.15) is 5.26 Å². The van der Waals surface area contributed by atoms with Crippen LogP contribution in [0.5, 0.6) is 0 Å². The molecule has 0 aliphatic rings. The molecule has 0 radical (unpaired) electrons. The van der Waals surface area contributed by atoms with Gasteiger partial charge >= 0.3 is 6.09 Å². The summed E-state index contributed by atoms with van der Waals surface area (Å²) in [6.07, 6.45) is -1.54. The van der Waals surface area contributed by atoms with Gasteiger partial charge in [0.05, 0.1) is 23.2 Å². The normalized spacial score (nSPS) is 12.5. The molecule has 0 aliphatic heterocycles. The van der Waals surface area contributed by atoms with Crippen molar-refractivity contribution >= 4 is 41.1 Å². The zero-order chi connectivity index (χ0) is 29.5. The van der Waals surface area contributed by atoms with E-state index in [9.17, 15) is 24.4 Å². The van der Waals surface area contributed by atoms with Crippen LogP contribution in [-0.2, 0) is 19.1 Å². The smallest absolute Gasteiger partial charge is 0.408 e. The summed E-state index contributed by atoms with van der Waals surface area (Å²) in [4.78, 5) is 53.1. The SMILES string of the molecule is Cc1cccc(C(C(=O)Nc2c(C)cccc2Cl)N(CC#N)C(=O)C(CC(N)=O)NC(=O)OC(C)(C)C)c1C. The van der Waals surface area contributed by atoms with Crippen molar-refractivity contribution in [1.29, 1.82) is 5.26 Å². The van der Waals surface area contributed by atoms with Crippen LogP contribution in [0.15, 0.2) is 36.4 Å². The maximum atomic E-state index is 13.9. The summed E-state index contributed by atoms with van der Waals surface area (Å²) in [5.74, 6) is -2.38. The van der Waals surface area contributed by atoms with Gasteiger partial charge in [0.15, 0.2) is 0 Å². The van der Waals surface area contributed by atoms with E-state index in [-0.39, 0.29) is 0 Å².